The summed E-state index contributed by atoms with van der Waals surface area (Å²) in [5.74, 6) is 0.162. The third kappa shape index (κ3) is 2.14. The van der Waals surface area contributed by atoms with Crippen LogP contribution in [0.15, 0.2) is 24.3 Å². The van der Waals surface area contributed by atoms with Gasteiger partial charge in [-0.15, -0.1) is 0 Å². The molecule has 126 valence electrons. The Bertz CT molecular complexity index is 827. The molecule has 2 aliphatic heterocycles. The lowest BCUT2D eigenvalue weighted by Gasteiger charge is -2.22. The number of hydrogen-bond donors (Lipinski definition) is 3. The van der Waals surface area contributed by atoms with Crippen LogP contribution in [0.2, 0.25) is 0 Å². The first-order valence-electron chi connectivity index (χ1n) is 8.13. The third-order valence-electron chi connectivity index (χ3n) is 5.07. The van der Waals surface area contributed by atoms with E-state index in [-0.39, 0.29) is 23.8 Å². The van der Waals surface area contributed by atoms with Gasteiger partial charge in [0.25, 0.3) is 0 Å². The first kappa shape index (κ1) is 15.2. The zero-order valence-corrected chi connectivity index (χ0v) is 13.7. The van der Waals surface area contributed by atoms with Crippen molar-refractivity contribution in [1.29, 1.82) is 0 Å². The Kier molecular flexibility index (Phi) is 3.40. The van der Waals surface area contributed by atoms with Crippen LogP contribution in [0.5, 0.6) is 11.8 Å². The van der Waals surface area contributed by atoms with Crippen molar-refractivity contribution in [3.05, 3.63) is 46.8 Å². The zero-order chi connectivity index (χ0) is 17.0. The highest BCUT2D eigenvalue weighted by Crippen LogP contribution is 2.55. The quantitative estimate of drug-likeness (QED) is 0.786. The molecule has 0 saturated carbocycles. The molecule has 3 N–H and O–H groups in total. The molecule has 0 aliphatic carbocycles. The first-order valence-corrected chi connectivity index (χ1v) is 8.13. The number of fused-ring (bicyclic) bond motifs is 3. The number of aromatic hydroxyl groups is 2. The topological polar surface area (TPSA) is 81.8 Å². The standard InChI is InChI=1S/C18H21N3O3/c1-10-4-3-5-11(19-10)6-7-13-15-16(18(24)20(2)17(15)23)14-8-12(22)9-21(13)14/h3-7,12-14,22-24H,8-9H2,1-2H3. The van der Waals surface area contributed by atoms with E-state index in [0.717, 1.165) is 22.5 Å². The molecule has 3 unspecified atom stereocenters. The minimum absolute atomic E-state index is 0.0674. The van der Waals surface area contributed by atoms with Crippen LogP contribution in [0, 0.1) is 6.92 Å². The average molecular weight is 327 g/mol. The normalized spacial score (nSPS) is 26.2. The van der Waals surface area contributed by atoms with Gasteiger partial charge >= 0.3 is 0 Å². The molecule has 6 nitrogen and oxygen atoms in total. The fourth-order valence-corrected chi connectivity index (χ4v) is 3.97. The number of aliphatic hydroxyl groups is 1. The van der Waals surface area contributed by atoms with E-state index < -0.39 is 6.10 Å². The Morgan fingerprint density at radius 2 is 1.96 bits per heavy atom. The van der Waals surface area contributed by atoms with E-state index in [4.69, 9.17) is 0 Å². The number of aromatic nitrogens is 2. The highest BCUT2D eigenvalue weighted by molar-refractivity contribution is 5.57. The molecule has 0 amide bonds. The molecular weight excluding hydrogens is 306 g/mol. The summed E-state index contributed by atoms with van der Waals surface area (Å²) in [5, 5.41) is 30.8. The fraction of sp³-hybridized carbons (Fsp3) is 0.389. The maximum atomic E-state index is 10.4. The van der Waals surface area contributed by atoms with E-state index in [0.29, 0.717) is 13.0 Å². The number of nitrogens with zero attached hydrogens (tertiary/aromatic N) is 3. The predicted molar refractivity (Wildman–Crippen MR) is 89.6 cm³/mol. The zero-order valence-electron chi connectivity index (χ0n) is 13.7. The fourth-order valence-electron chi connectivity index (χ4n) is 3.97. The molecule has 2 aliphatic rings. The van der Waals surface area contributed by atoms with Gasteiger partial charge in [0.1, 0.15) is 0 Å². The highest BCUT2D eigenvalue weighted by atomic mass is 16.3. The van der Waals surface area contributed by atoms with Crippen molar-refractivity contribution < 1.29 is 15.3 Å². The number of hydrogen-bond acceptors (Lipinski definition) is 5. The van der Waals surface area contributed by atoms with E-state index in [2.05, 4.69) is 9.88 Å². The number of rotatable bonds is 2. The summed E-state index contributed by atoms with van der Waals surface area (Å²) in [4.78, 5) is 6.59. The lowest BCUT2D eigenvalue weighted by molar-refractivity contribution is 0.167. The van der Waals surface area contributed by atoms with Gasteiger partial charge in [-0.05, 0) is 31.6 Å². The SMILES string of the molecule is Cc1cccc(C=CC2c3c(c(O)n(C)c3O)C3CC(O)CN23)n1. The molecule has 1 fully saturated rings. The van der Waals surface area contributed by atoms with Crippen LogP contribution in [0.3, 0.4) is 0 Å². The summed E-state index contributed by atoms with van der Waals surface area (Å²) >= 11 is 0. The van der Waals surface area contributed by atoms with Crippen molar-refractivity contribution in [3.63, 3.8) is 0 Å². The molecule has 6 heteroatoms. The number of aryl methyl sites for hydroxylation is 1. The lowest BCUT2D eigenvalue weighted by atomic mass is 10.0. The number of aliphatic hydroxyl groups excluding tert-OH is 1. The first-order chi connectivity index (χ1) is 11.5. The third-order valence-corrected chi connectivity index (χ3v) is 5.07. The second-order valence-electron chi connectivity index (χ2n) is 6.64. The van der Waals surface area contributed by atoms with Crippen LogP contribution in [0.4, 0.5) is 0 Å². The molecule has 4 rings (SSSR count). The molecule has 0 spiro atoms. The van der Waals surface area contributed by atoms with Crippen LogP contribution >= 0.6 is 0 Å². The molecular formula is C18H21N3O3. The predicted octanol–water partition coefficient (Wildman–Crippen LogP) is 2.02. The second-order valence-corrected chi connectivity index (χ2v) is 6.64. The molecule has 4 heterocycles. The molecule has 3 atom stereocenters. The van der Waals surface area contributed by atoms with Gasteiger partial charge in [0, 0.05) is 36.5 Å². The van der Waals surface area contributed by atoms with Crippen LogP contribution in [0.1, 0.15) is 41.0 Å². The van der Waals surface area contributed by atoms with Gasteiger partial charge in [0.05, 0.1) is 17.8 Å². The average Bonchev–Trinajstić information content (AvgIpc) is 3.12. The molecule has 2 aromatic heterocycles. The van der Waals surface area contributed by atoms with Gasteiger partial charge in [0.15, 0.2) is 11.8 Å². The van der Waals surface area contributed by atoms with Crippen molar-refractivity contribution in [2.45, 2.75) is 31.5 Å². The largest absolute Gasteiger partial charge is 0.494 e. The molecule has 24 heavy (non-hydrogen) atoms. The maximum Gasteiger partial charge on any atom is 0.199 e. The Morgan fingerprint density at radius 3 is 2.71 bits per heavy atom. The smallest absolute Gasteiger partial charge is 0.199 e. The molecule has 0 bridgehead atoms. The second kappa shape index (κ2) is 5.36. The monoisotopic (exact) mass is 327 g/mol. The van der Waals surface area contributed by atoms with Crippen molar-refractivity contribution in [2.75, 3.05) is 6.54 Å². The van der Waals surface area contributed by atoms with E-state index in [1.807, 2.05) is 37.3 Å². The van der Waals surface area contributed by atoms with Gasteiger partial charge in [-0.1, -0.05) is 12.1 Å². The maximum absolute atomic E-state index is 10.4. The molecule has 2 aromatic rings. The van der Waals surface area contributed by atoms with Crippen molar-refractivity contribution in [2.24, 2.45) is 7.05 Å². The van der Waals surface area contributed by atoms with Gasteiger partial charge in [-0.2, -0.15) is 0 Å². The molecule has 1 saturated heterocycles. The van der Waals surface area contributed by atoms with Gasteiger partial charge in [-0.25, -0.2) is 0 Å². The summed E-state index contributed by atoms with van der Waals surface area (Å²) in [5.41, 5.74) is 3.26. The van der Waals surface area contributed by atoms with Crippen LogP contribution in [-0.4, -0.2) is 42.4 Å². The van der Waals surface area contributed by atoms with Crippen LogP contribution in [-0.2, 0) is 7.05 Å². The summed E-state index contributed by atoms with van der Waals surface area (Å²) in [6.45, 7) is 2.47. The van der Waals surface area contributed by atoms with Gasteiger partial charge in [0.2, 0.25) is 0 Å². The van der Waals surface area contributed by atoms with Gasteiger partial charge in [-0.3, -0.25) is 14.5 Å². The van der Waals surface area contributed by atoms with Crippen LogP contribution < -0.4 is 0 Å². The minimum Gasteiger partial charge on any atom is -0.494 e. The van der Waals surface area contributed by atoms with Gasteiger partial charge < -0.3 is 15.3 Å². The molecule has 0 radical (unpaired) electrons. The Labute approximate surface area is 140 Å². The summed E-state index contributed by atoms with van der Waals surface area (Å²) in [6, 6.07) is 5.58. The molecule has 0 aromatic carbocycles. The summed E-state index contributed by atoms with van der Waals surface area (Å²) in [6.07, 6.45) is 4.06. The summed E-state index contributed by atoms with van der Waals surface area (Å²) < 4.78 is 1.40. The van der Waals surface area contributed by atoms with E-state index in [1.165, 1.54) is 4.57 Å². The van der Waals surface area contributed by atoms with E-state index in [1.54, 1.807) is 7.05 Å². The van der Waals surface area contributed by atoms with Crippen molar-refractivity contribution in [1.82, 2.24) is 14.5 Å². The van der Waals surface area contributed by atoms with E-state index in [9.17, 15) is 15.3 Å². The van der Waals surface area contributed by atoms with E-state index >= 15 is 0 Å². The number of pyridine rings is 1. The van der Waals surface area contributed by atoms with Crippen molar-refractivity contribution in [3.8, 4) is 11.8 Å². The van der Waals surface area contributed by atoms with Crippen LogP contribution in [0.25, 0.3) is 6.08 Å². The Hall–Kier alpha value is -2.31. The van der Waals surface area contributed by atoms with Crippen molar-refractivity contribution >= 4 is 6.08 Å². The minimum atomic E-state index is -0.419. The summed E-state index contributed by atoms with van der Waals surface area (Å²) in [7, 11) is 1.64. The Balaban J connectivity index is 1.76. The highest BCUT2D eigenvalue weighted by Gasteiger charge is 2.48. The lowest BCUT2D eigenvalue weighted by Crippen LogP contribution is -2.23. The Morgan fingerprint density at radius 1 is 1.21 bits per heavy atom.